The van der Waals surface area contributed by atoms with E-state index in [9.17, 15) is 23.2 Å². The molecule has 1 aromatic carbocycles. The third kappa shape index (κ3) is 3.86. The Bertz CT molecular complexity index is 1170. The van der Waals surface area contributed by atoms with Crippen molar-refractivity contribution in [3.63, 3.8) is 0 Å². The van der Waals surface area contributed by atoms with Crippen LogP contribution < -0.4 is 5.56 Å². The third-order valence-electron chi connectivity index (χ3n) is 5.77. The Morgan fingerprint density at radius 2 is 1.93 bits per heavy atom. The summed E-state index contributed by atoms with van der Waals surface area (Å²) in [6.07, 6.45) is 1.72. The lowest BCUT2D eigenvalue weighted by atomic mass is 9.87. The summed E-state index contributed by atoms with van der Waals surface area (Å²) in [5.74, 6) is 0.709. The van der Waals surface area contributed by atoms with E-state index in [0.29, 0.717) is 23.5 Å². The number of nitriles is 1. The molecule has 2 aromatic heterocycles. The molecule has 8 heteroatoms. The van der Waals surface area contributed by atoms with Gasteiger partial charge in [0.1, 0.15) is 10.7 Å². The molecule has 4 rings (SSSR count). The predicted molar refractivity (Wildman–Crippen MR) is 110 cm³/mol. The minimum absolute atomic E-state index is 0.0454. The van der Waals surface area contributed by atoms with Crippen molar-refractivity contribution in [2.24, 2.45) is 5.92 Å². The maximum absolute atomic E-state index is 13.5. The Morgan fingerprint density at radius 1 is 1.20 bits per heavy atom. The topological polar surface area (TPSA) is 58.7 Å². The third-order valence-corrected chi connectivity index (χ3v) is 6.65. The van der Waals surface area contributed by atoms with Gasteiger partial charge in [-0.25, -0.2) is 4.98 Å². The number of hydrogen-bond acceptors (Lipinski definition) is 4. The molecule has 0 amide bonds. The van der Waals surface area contributed by atoms with Crippen LogP contribution in [0.2, 0.25) is 0 Å². The molecule has 0 aliphatic heterocycles. The Morgan fingerprint density at radius 3 is 2.63 bits per heavy atom. The quantitative estimate of drug-likeness (QED) is 0.510. The predicted octanol–water partition coefficient (Wildman–Crippen LogP) is 5.99. The highest BCUT2D eigenvalue weighted by Crippen LogP contribution is 2.37. The summed E-state index contributed by atoms with van der Waals surface area (Å²) >= 11 is 0.805. The number of nitrogens with zero attached hydrogens (tertiary/aromatic N) is 3. The van der Waals surface area contributed by atoms with Gasteiger partial charge in [0.15, 0.2) is 0 Å². The smallest absolute Gasteiger partial charge is 0.292 e. The highest BCUT2D eigenvalue weighted by Gasteiger charge is 2.36. The second kappa shape index (κ2) is 8.23. The number of fused-ring (bicyclic) bond motifs is 1. The van der Waals surface area contributed by atoms with Gasteiger partial charge in [-0.15, -0.1) is 11.3 Å². The summed E-state index contributed by atoms with van der Waals surface area (Å²) in [6, 6.07) is 8.83. The number of hydrogen-bond donors (Lipinski definition) is 0. The monoisotopic (exact) mass is 431 g/mol. The molecule has 0 saturated heterocycles. The minimum Gasteiger partial charge on any atom is -0.292 e. The van der Waals surface area contributed by atoms with Gasteiger partial charge in [0.05, 0.1) is 22.6 Å². The van der Waals surface area contributed by atoms with Gasteiger partial charge in [-0.1, -0.05) is 44.2 Å². The highest BCUT2D eigenvalue weighted by atomic mass is 32.1. The van der Waals surface area contributed by atoms with E-state index >= 15 is 0 Å². The van der Waals surface area contributed by atoms with Crippen LogP contribution in [0.4, 0.5) is 13.2 Å². The standard InChI is InChI=1S/C22H20F3N3OS/c23-22(24,25)17-13-30-20-18(17)21(29)28(11-10-14-6-2-1-3-7-14)19(27-20)16-9-5-4-8-15(16)12-26/h4-5,8-9,13-14H,1-3,6-7,10-11H2. The summed E-state index contributed by atoms with van der Waals surface area (Å²) in [5, 5.41) is 10.1. The molecule has 0 atom stereocenters. The molecule has 1 saturated carbocycles. The molecule has 0 N–H and O–H groups in total. The lowest BCUT2D eigenvalue weighted by Gasteiger charge is -2.22. The number of aromatic nitrogens is 2. The molecule has 0 radical (unpaired) electrons. The fourth-order valence-corrected chi connectivity index (χ4v) is 5.14. The molecule has 0 bridgehead atoms. The average molecular weight is 431 g/mol. The Hall–Kier alpha value is -2.66. The SMILES string of the molecule is N#Cc1ccccc1-c1nc2scc(C(F)(F)F)c2c(=O)n1CCC1CCCCC1. The van der Waals surface area contributed by atoms with Crippen molar-refractivity contribution in [2.75, 3.05) is 0 Å². The number of alkyl halides is 3. The maximum Gasteiger partial charge on any atom is 0.418 e. The van der Waals surface area contributed by atoms with E-state index in [1.54, 1.807) is 24.3 Å². The van der Waals surface area contributed by atoms with E-state index in [0.717, 1.165) is 42.4 Å². The van der Waals surface area contributed by atoms with Crippen LogP contribution in [0.25, 0.3) is 21.6 Å². The van der Waals surface area contributed by atoms with Gasteiger partial charge >= 0.3 is 6.18 Å². The molecule has 3 aromatic rings. The van der Waals surface area contributed by atoms with Gasteiger partial charge < -0.3 is 0 Å². The van der Waals surface area contributed by atoms with Crippen LogP contribution in [0, 0.1) is 17.2 Å². The molecule has 2 heterocycles. The van der Waals surface area contributed by atoms with Crippen LogP contribution in [0.1, 0.15) is 49.7 Å². The average Bonchev–Trinajstić information content (AvgIpc) is 3.18. The van der Waals surface area contributed by atoms with E-state index in [4.69, 9.17) is 0 Å². The first-order chi connectivity index (χ1) is 14.4. The van der Waals surface area contributed by atoms with Crippen LogP contribution in [0.15, 0.2) is 34.4 Å². The molecule has 4 nitrogen and oxygen atoms in total. The summed E-state index contributed by atoms with van der Waals surface area (Å²) in [4.78, 5) is 17.8. The van der Waals surface area contributed by atoms with Crippen LogP contribution in [0.5, 0.6) is 0 Å². The fourth-order valence-electron chi connectivity index (χ4n) is 4.21. The highest BCUT2D eigenvalue weighted by molar-refractivity contribution is 7.16. The van der Waals surface area contributed by atoms with E-state index < -0.39 is 17.3 Å². The maximum atomic E-state index is 13.5. The molecule has 0 spiro atoms. The number of rotatable bonds is 4. The van der Waals surface area contributed by atoms with Crippen LogP contribution in [0.3, 0.4) is 0 Å². The second-order valence-corrected chi connectivity index (χ2v) is 8.53. The summed E-state index contributed by atoms with van der Waals surface area (Å²) in [5.41, 5.74) is -0.828. The van der Waals surface area contributed by atoms with Gasteiger partial charge in [-0.05, 0) is 24.5 Å². The van der Waals surface area contributed by atoms with Crippen molar-refractivity contribution < 1.29 is 13.2 Å². The summed E-state index contributed by atoms with van der Waals surface area (Å²) in [7, 11) is 0. The zero-order valence-corrected chi connectivity index (χ0v) is 17.0. The lowest BCUT2D eigenvalue weighted by Crippen LogP contribution is -2.26. The second-order valence-electron chi connectivity index (χ2n) is 7.67. The van der Waals surface area contributed by atoms with E-state index in [2.05, 4.69) is 11.1 Å². The van der Waals surface area contributed by atoms with E-state index in [1.807, 2.05) is 0 Å². The van der Waals surface area contributed by atoms with Crippen molar-refractivity contribution in [3.05, 3.63) is 51.1 Å². The fraction of sp³-hybridized carbons (Fsp3) is 0.409. The first kappa shape index (κ1) is 20.6. The molecule has 0 unspecified atom stereocenters. The lowest BCUT2D eigenvalue weighted by molar-refractivity contribution is -0.136. The molecule has 30 heavy (non-hydrogen) atoms. The first-order valence-electron chi connectivity index (χ1n) is 9.99. The van der Waals surface area contributed by atoms with Crippen molar-refractivity contribution in [1.29, 1.82) is 5.26 Å². The van der Waals surface area contributed by atoms with Crippen LogP contribution in [-0.4, -0.2) is 9.55 Å². The summed E-state index contributed by atoms with van der Waals surface area (Å²) < 4.78 is 41.8. The van der Waals surface area contributed by atoms with Crippen LogP contribution in [-0.2, 0) is 12.7 Å². The molecule has 1 aliphatic rings. The first-order valence-corrected chi connectivity index (χ1v) is 10.9. The van der Waals surface area contributed by atoms with Gasteiger partial charge in [0, 0.05) is 17.5 Å². The van der Waals surface area contributed by atoms with Crippen molar-refractivity contribution in [1.82, 2.24) is 9.55 Å². The number of thiophene rings is 1. The molecule has 1 fully saturated rings. The van der Waals surface area contributed by atoms with Crippen molar-refractivity contribution in [2.45, 2.75) is 51.2 Å². The molecule has 1 aliphatic carbocycles. The van der Waals surface area contributed by atoms with E-state index in [1.165, 1.54) is 11.0 Å². The zero-order valence-electron chi connectivity index (χ0n) is 16.2. The zero-order chi connectivity index (χ0) is 21.3. The number of halogens is 3. The Balaban J connectivity index is 1.88. The van der Waals surface area contributed by atoms with Gasteiger partial charge in [-0.2, -0.15) is 18.4 Å². The number of benzene rings is 1. The van der Waals surface area contributed by atoms with Gasteiger partial charge in [0.25, 0.3) is 5.56 Å². The normalized spacial score (nSPS) is 15.4. The molecule has 156 valence electrons. The van der Waals surface area contributed by atoms with Crippen molar-refractivity contribution >= 4 is 21.6 Å². The largest absolute Gasteiger partial charge is 0.418 e. The van der Waals surface area contributed by atoms with Gasteiger partial charge in [-0.3, -0.25) is 9.36 Å². The molecular weight excluding hydrogens is 411 g/mol. The van der Waals surface area contributed by atoms with Gasteiger partial charge in [0.2, 0.25) is 0 Å². The Kier molecular flexibility index (Phi) is 5.65. The van der Waals surface area contributed by atoms with Crippen LogP contribution >= 0.6 is 11.3 Å². The van der Waals surface area contributed by atoms with E-state index in [-0.39, 0.29) is 22.6 Å². The van der Waals surface area contributed by atoms with Crippen molar-refractivity contribution in [3.8, 4) is 17.5 Å². The molecular formula is C22H20F3N3OS. The summed E-state index contributed by atoms with van der Waals surface area (Å²) in [6.45, 7) is 0.286. The minimum atomic E-state index is -4.62. The Labute approximate surface area is 175 Å².